The van der Waals surface area contributed by atoms with Crippen LogP contribution >= 0.6 is 0 Å². The summed E-state index contributed by atoms with van der Waals surface area (Å²) >= 11 is 0. The van der Waals surface area contributed by atoms with Crippen LogP contribution in [0.1, 0.15) is 58.3 Å². The highest BCUT2D eigenvalue weighted by molar-refractivity contribution is 5.80. The van der Waals surface area contributed by atoms with Crippen LogP contribution in [0.3, 0.4) is 0 Å². The summed E-state index contributed by atoms with van der Waals surface area (Å²) in [6.07, 6.45) is 2.77. The third-order valence-corrected chi connectivity index (χ3v) is 3.23. The van der Waals surface area contributed by atoms with Crippen molar-refractivity contribution in [1.29, 1.82) is 0 Å². The van der Waals surface area contributed by atoms with Crippen LogP contribution in [0.2, 0.25) is 0 Å². The smallest absolute Gasteiger partial charge is 0.335 e. The minimum atomic E-state index is -1.79. The van der Waals surface area contributed by atoms with Gasteiger partial charge in [-0.1, -0.05) is 39.0 Å². The highest BCUT2D eigenvalue weighted by Gasteiger charge is 2.21. The van der Waals surface area contributed by atoms with Crippen molar-refractivity contribution in [3.63, 3.8) is 0 Å². The van der Waals surface area contributed by atoms with Crippen LogP contribution in [-0.4, -0.2) is 58.6 Å². The van der Waals surface area contributed by atoms with E-state index in [9.17, 15) is 24.6 Å². The van der Waals surface area contributed by atoms with Gasteiger partial charge in [0, 0.05) is 6.42 Å². The summed E-state index contributed by atoms with van der Waals surface area (Å²) in [7, 11) is 0. The van der Waals surface area contributed by atoms with Crippen molar-refractivity contribution in [2.45, 2.75) is 70.5 Å². The predicted octanol–water partition coefficient (Wildman–Crippen LogP) is 1.02. The van der Waals surface area contributed by atoms with Crippen molar-refractivity contribution >= 4 is 17.9 Å². The summed E-state index contributed by atoms with van der Waals surface area (Å²) in [5.41, 5.74) is 0. The summed E-state index contributed by atoms with van der Waals surface area (Å²) in [6, 6.07) is 0. The Kier molecular flexibility index (Phi) is 12.8. The van der Waals surface area contributed by atoms with Gasteiger partial charge in [0.1, 0.15) is 19.3 Å². The summed E-state index contributed by atoms with van der Waals surface area (Å²) in [5.74, 6) is -2.92. The number of esters is 2. The van der Waals surface area contributed by atoms with Crippen LogP contribution in [0.15, 0.2) is 0 Å². The second-order valence-electron chi connectivity index (χ2n) is 5.60. The molecule has 1 unspecified atom stereocenters. The first kappa shape index (κ1) is 22.3. The molecule has 0 aromatic rings. The first-order valence-corrected chi connectivity index (χ1v) is 8.27. The van der Waals surface area contributed by atoms with E-state index < -0.39 is 43.1 Å². The molecular formula is C16H28O8. The van der Waals surface area contributed by atoms with Gasteiger partial charge in [0.2, 0.25) is 0 Å². The van der Waals surface area contributed by atoms with Gasteiger partial charge in [-0.3, -0.25) is 9.59 Å². The molecule has 0 heterocycles. The zero-order chi connectivity index (χ0) is 18.4. The Morgan fingerprint density at radius 1 is 0.917 bits per heavy atom. The molecule has 2 atom stereocenters. The Morgan fingerprint density at radius 3 is 2.12 bits per heavy atom. The quantitative estimate of drug-likeness (QED) is 0.313. The minimum Gasteiger partial charge on any atom is -0.481 e. The Morgan fingerprint density at radius 2 is 1.50 bits per heavy atom. The first-order chi connectivity index (χ1) is 11.4. The fraction of sp³-hybridized carbons (Fsp3) is 0.812. The number of carboxylic acids is 1. The van der Waals surface area contributed by atoms with Crippen molar-refractivity contribution < 1.29 is 39.2 Å². The van der Waals surface area contributed by atoms with Gasteiger partial charge < -0.3 is 24.8 Å². The maximum Gasteiger partial charge on any atom is 0.335 e. The molecule has 8 nitrogen and oxygen atoms in total. The molecule has 3 N–H and O–H groups in total. The lowest BCUT2D eigenvalue weighted by Gasteiger charge is -2.13. The second-order valence-corrected chi connectivity index (χ2v) is 5.60. The van der Waals surface area contributed by atoms with E-state index in [-0.39, 0.29) is 13.0 Å². The minimum absolute atomic E-state index is 0.274. The number of ether oxygens (including phenoxy) is 2. The lowest BCUT2D eigenvalue weighted by molar-refractivity contribution is -0.162. The molecule has 0 aliphatic rings. The van der Waals surface area contributed by atoms with Gasteiger partial charge in [-0.25, -0.2) is 4.79 Å². The molecular weight excluding hydrogens is 320 g/mol. The molecule has 0 aliphatic heterocycles. The molecule has 0 bridgehead atoms. The zero-order valence-corrected chi connectivity index (χ0v) is 14.1. The highest BCUT2D eigenvalue weighted by atomic mass is 16.6. The Labute approximate surface area is 141 Å². The van der Waals surface area contributed by atoms with Crippen molar-refractivity contribution in [3.05, 3.63) is 0 Å². The molecule has 8 heteroatoms. The normalized spacial score (nSPS) is 13.1. The fourth-order valence-electron chi connectivity index (χ4n) is 1.88. The largest absolute Gasteiger partial charge is 0.481 e. The fourth-order valence-corrected chi connectivity index (χ4v) is 1.88. The lowest BCUT2D eigenvalue weighted by Crippen LogP contribution is -2.31. The monoisotopic (exact) mass is 348 g/mol. The Balaban J connectivity index is 3.70. The van der Waals surface area contributed by atoms with E-state index in [4.69, 9.17) is 9.84 Å². The summed E-state index contributed by atoms with van der Waals surface area (Å²) in [4.78, 5) is 33.0. The van der Waals surface area contributed by atoms with E-state index >= 15 is 0 Å². The Hall–Kier alpha value is -1.67. The van der Waals surface area contributed by atoms with Crippen molar-refractivity contribution in [2.24, 2.45) is 0 Å². The van der Waals surface area contributed by atoms with Crippen LogP contribution in [-0.2, 0) is 23.9 Å². The van der Waals surface area contributed by atoms with Crippen LogP contribution in [0.4, 0.5) is 0 Å². The van der Waals surface area contributed by atoms with Crippen molar-refractivity contribution in [3.8, 4) is 0 Å². The number of aliphatic hydroxyl groups is 2. The van der Waals surface area contributed by atoms with E-state index in [0.29, 0.717) is 0 Å². The van der Waals surface area contributed by atoms with Crippen molar-refractivity contribution in [1.82, 2.24) is 0 Å². The number of unbranched alkanes of at least 4 members (excludes halogenated alkanes) is 5. The number of hydrogen-bond donors (Lipinski definition) is 3. The van der Waals surface area contributed by atoms with Gasteiger partial charge >= 0.3 is 17.9 Å². The summed E-state index contributed by atoms with van der Waals surface area (Å²) in [6.45, 7) is 1.32. The molecule has 0 saturated heterocycles. The van der Waals surface area contributed by atoms with Gasteiger partial charge in [0.05, 0.1) is 6.42 Å². The SMILES string of the molecule is CCCCCCCCC(=O)OCC(O)COC(=O)[C@H](O)CC(=O)O. The number of aliphatic hydroxyl groups excluding tert-OH is 2. The van der Waals surface area contributed by atoms with Gasteiger partial charge in [0.25, 0.3) is 0 Å². The second kappa shape index (κ2) is 13.7. The number of carbonyl (C=O) groups excluding carboxylic acids is 2. The van der Waals surface area contributed by atoms with Crippen LogP contribution in [0.25, 0.3) is 0 Å². The van der Waals surface area contributed by atoms with Gasteiger partial charge in [-0.2, -0.15) is 0 Å². The third kappa shape index (κ3) is 12.8. The molecule has 0 fully saturated rings. The molecule has 140 valence electrons. The molecule has 0 aromatic carbocycles. The molecule has 0 radical (unpaired) electrons. The number of rotatable bonds is 14. The summed E-state index contributed by atoms with van der Waals surface area (Å²) < 4.78 is 9.39. The average Bonchev–Trinajstić information content (AvgIpc) is 2.53. The maximum atomic E-state index is 11.5. The third-order valence-electron chi connectivity index (χ3n) is 3.23. The predicted molar refractivity (Wildman–Crippen MR) is 84.2 cm³/mol. The number of carboxylic acid groups (broad SMARTS) is 1. The van der Waals surface area contributed by atoms with Crippen LogP contribution in [0.5, 0.6) is 0 Å². The average molecular weight is 348 g/mol. The van der Waals surface area contributed by atoms with E-state index in [1.54, 1.807) is 0 Å². The highest BCUT2D eigenvalue weighted by Crippen LogP contribution is 2.07. The van der Waals surface area contributed by atoms with E-state index in [1.807, 2.05) is 0 Å². The number of carbonyl (C=O) groups is 3. The molecule has 24 heavy (non-hydrogen) atoms. The van der Waals surface area contributed by atoms with Gasteiger partial charge in [-0.15, -0.1) is 0 Å². The Bertz CT molecular complexity index is 382. The zero-order valence-electron chi connectivity index (χ0n) is 14.1. The number of aliphatic carboxylic acids is 1. The molecule has 0 rings (SSSR count). The topological polar surface area (TPSA) is 130 Å². The molecule has 0 saturated carbocycles. The van der Waals surface area contributed by atoms with Crippen molar-refractivity contribution in [2.75, 3.05) is 13.2 Å². The molecule has 0 amide bonds. The van der Waals surface area contributed by atoms with Gasteiger partial charge in [0.15, 0.2) is 6.10 Å². The summed E-state index contributed by atoms with van der Waals surface area (Å²) in [5, 5.41) is 27.1. The van der Waals surface area contributed by atoms with Gasteiger partial charge in [-0.05, 0) is 6.42 Å². The van der Waals surface area contributed by atoms with E-state index in [0.717, 1.165) is 32.1 Å². The standard InChI is InChI=1S/C16H28O8/c1-2-3-4-5-6-7-8-15(21)23-10-12(17)11-24-16(22)13(18)9-14(19)20/h12-13,17-18H,2-11H2,1H3,(H,19,20)/t12?,13-/m1/s1. The molecule has 0 aromatic heterocycles. The molecule has 0 spiro atoms. The lowest BCUT2D eigenvalue weighted by atomic mass is 10.1. The van der Waals surface area contributed by atoms with Crippen LogP contribution in [0, 0.1) is 0 Å². The maximum absolute atomic E-state index is 11.5. The van der Waals surface area contributed by atoms with E-state index in [2.05, 4.69) is 11.7 Å². The van der Waals surface area contributed by atoms with Crippen LogP contribution < -0.4 is 0 Å². The number of hydrogen-bond acceptors (Lipinski definition) is 7. The van der Waals surface area contributed by atoms with E-state index in [1.165, 1.54) is 6.42 Å². The first-order valence-electron chi connectivity index (χ1n) is 8.27. The molecule has 0 aliphatic carbocycles.